The molecule has 130 valence electrons. The number of fused-ring (bicyclic) bond motifs is 1. The van der Waals surface area contributed by atoms with E-state index in [2.05, 4.69) is 27.2 Å². The third-order valence-corrected chi connectivity index (χ3v) is 4.10. The Bertz CT molecular complexity index is 938. The summed E-state index contributed by atoms with van der Waals surface area (Å²) in [7, 11) is 0. The molecule has 0 atom stereocenters. The lowest BCUT2D eigenvalue weighted by Gasteiger charge is -2.07. The predicted molar refractivity (Wildman–Crippen MR) is 95.6 cm³/mol. The molecule has 3 aromatic rings. The number of hydrogen-bond donors (Lipinski definition) is 1. The molecule has 0 fully saturated rings. The Hall–Kier alpha value is -2.52. The summed E-state index contributed by atoms with van der Waals surface area (Å²) in [5.41, 5.74) is 3.48. The molecule has 0 unspecified atom stereocenters. The molecule has 0 aliphatic heterocycles. The van der Waals surface area contributed by atoms with Crippen LogP contribution in [-0.2, 0) is 13.0 Å². The van der Waals surface area contributed by atoms with Crippen LogP contribution in [0.5, 0.6) is 0 Å². The topological polar surface area (TPSA) is 55.4 Å². The fourth-order valence-corrected chi connectivity index (χ4v) is 3.01. The number of rotatable bonds is 6. The molecule has 0 radical (unpaired) electrons. The maximum Gasteiger partial charge on any atom is 0.243 e. The number of alkyl halides is 1. The summed E-state index contributed by atoms with van der Waals surface area (Å²) >= 11 is 6.11. The highest BCUT2D eigenvalue weighted by molar-refractivity contribution is 6.28. The van der Waals surface area contributed by atoms with Gasteiger partial charge in [-0.1, -0.05) is 5.92 Å². The molecular formula is C18H18ClFN4O. The van der Waals surface area contributed by atoms with Gasteiger partial charge in [0.05, 0.1) is 19.5 Å². The van der Waals surface area contributed by atoms with Gasteiger partial charge in [0.2, 0.25) is 5.28 Å². The fourth-order valence-electron chi connectivity index (χ4n) is 2.85. The summed E-state index contributed by atoms with van der Waals surface area (Å²) in [6.07, 6.45) is 2.64. The van der Waals surface area contributed by atoms with Gasteiger partial charge in [-0.15, -0.1) is 5.10 Å². The Labute approximate surface area is 150 Å². The van der Waals surface area contributed by atoms with Gasteiger partial charge in [-0.3, -0.25) is 4.39 Å². The van der Waals surface area contributed by atoms with Crippen molar-refractivity contribution in [1.29, 1.82) is 0 Å². The van der Waals surface area contributed by atoms with E-state index in [1.165, 1.54) is 0 Å². The molecule has 0 saturated carbocycles. The first-order chi connectivity index (χ1) is 12.2. The first kappa shape index (κ1) is 17.3. The summed E-state index contributed by atoms with van der Waals surface area (Å²) in [5.74, 6) is 7.34. The number of aryl methyl sites for hydroxylation is 1. The molecule has 3 rings (SSSR count). The van der Waals surface area contributed by atoms with E-state index >= 15 is 0 Å². The van der Waals surface area contributed by atoms with Gasteiger partial charge in [0, 0.05) is 0 Å². The molecule has 1 N–H and O–H groups in total. The number of aromatic nitrogens is 3. The third kappa shape index (κ3) is 3.47. The largest absolute Gasteiger partial charge is 0.467 e. The molecule has 0 aromatic carbocycles. The van der Waals surface area contributed by atoms with Gasteiger partial charge < -0.3 is 9.73 Å². The lowest BCUT2D eigenvalue weighted by molar-refractivity contribution is 0.472. The van der Waals surface area contributed by atoms with E-state index in [0.29, 0.717) is 25.2 Å². The minimum atomic E-state index is -0.374. The molecule has 0 spiro atoms. The van der Waals surface area contributed by atoms with Crippen molar-refractivity contribution >= 4 is 22.9 Å². The van der Waals surface area contributed by atoms with Crippen molar-refractivity contribution in [3.05, 3.63) is 46.3 Å². The Balaban J connectivity index is 2.11. The van der Waals surface area contributed by atoms with Crippen molar-refractivity contribution in [2.45, 2.75) is 33.2 Å². The van der Waals surface area contributed by atoms with Crippen molar-refractivity contribution in [2.24, 2.45) is 0 Å². The van der Waals surface area contributed by atoms with Crippen LogP contribution in [0.4, 0.5) is 10.2 Å². The highest BCUT2D eigenvalue weighted by atomic mass is 35.5. The maximum atomic E-state index is 12.7. The van der Waals surface area contributed by atoms with Gasteiger partial charge in [0.15, 0.2) is 5.82 Å². The van der Waals surface area contributed by atoms with E-state index in [9.17, 15) is 4.39 Å². The van der Waals surface area contributed by atoms with Crippen molar-refractivity contribution in [3.63, 3.8) is 0 Å². The van der Waals surface area contributed by atoms with Crippen LogP contribution in [0.1, 0.15) is 35.9 Å². The first-order valence-electron chi connectivity index (χ1n) is 7.98. The van der Waals surface area contributed by atoms with Crippen LogP contribution in [0.3, 0.4) is 0 Å². The molecule has 25 heavy (non-hydrogen) atoms. The zero-order chi connectivity index (χ0) is 17.8. The molecule has 5 nitrogen and oxygen atoms in total. The zero-order valence-corrected chi connectivity index (χ0v) is 14.8. The maximum absolute atomic E-state index is 12.7. The number of furan rings is 1. The van der Waals surface area contributed by atoms with Crippen LogP contribution < -0.4 is 5.32 Å². The molecule has 0 aliphatic rings. The molecular weight excluding hydrogens is 343 g/mol. The lowest BCUT2D eigenvalue weighted by atomic mass is 10.1. The summed E-state index contributed by atoms with van der Waals surface area (Å²) < 4.78 is 19.7. The quantitative estimate of drug-likeness (QED) is 0.670. The molecule has 0 aliphatic carbocycles. The molecule has 0 saturated heterocycles. The monoisotopic (exact) mass is 360 g/mol. The highest BCUT2D eigenvalue weighted by Crippen LogP contribution is 2.29. The third-order valence-electron chi connectivity index (χ3n) is 3.94. The van der Waals surface area contributed by atoms with Crippen LogP contribution in [-0.4, -0.2) is 21.3 Å². The fraction of sp³-hybridized carbons (Fsp3) is 0.333. The lowest BCUT2D eigenvalue weighted by Crippen LogP contribution is -2.06. The predicted octanol–water partition coefficient (Wildman–Crippen LogP) is 4.17. The molecule has 0 bridgehead atoms. The Morgan fingerprint density at radius 3 is 2.96 bits per heavy atom. The van der Waals surface area contributed by atoms with Crippen molar-refractivity contribution in [1.82, 2.24) is 14.6 Å². The first-order valence-corrected chi connectivity index (χ1v) is 8.36. The van der Waals surface area contributed by atoms with E-state index in [0.717, 1.165) is 28.1 Å². The summed E-state index contributed by atoms with van der Waals surface area (Å²) in [4.78, 5) is 4.31. The summed E-state index contributed by atoms with van der Waals surface area (Å²) in [6, 6.07) is 3.70. The van der Waals surface area contributed by atoms with Gasteiger partial charge in [-0.25, -0.2) is 4.52 Å². The van der Waals surface area contributed by atoms with E-state index in [1.54, 1.807) is 17.7 Å². The standard InChI is InChI=1S/C18H18ClFN4O/c1-3-6-15-14(8-4-9-20)12(2)16-17(22-18(19)23-24(15)16)21-11-13-7-5-10-25-13/h5,7,10H,4,8-9,11H2,1-2H3,(H,21,22,23). The van der Waals surface area contributed by atoms with Crippen molar-refractivity contribution in [2.75, 3.05) is 12.0 Å². The van der Waals surface area contributed by atoms with Gasteiger partial charge in [-0.2, -0.15) is 4.98 Å². The van der Waals surface area contributed by atoms with Crippen molar-refractivity contribution < 1.29 is 8.81 Å². The number of nitrogens with one attached hydrogen (secondary N) is 1. The molecule has 3 heterocycles. The number of halogens is 2. The SMILES string of the molecule is CC#Cc1c(CCCF)c(C)c2c(NCc3ccco3)nc(Cl)nn12. The average Bonchev–Trinajstić information content (AvgIpc) is 3.19. The minimum Gasteiger partial charge on any atom is -0.467 e. The Morgan fingerprint density at radius 2 is 2.28 bits per heavy atom. The Morgan fingerprint density at radius 1 is 1.44 bits per heavy atom. The van der Waals surface area contributed by atoms with Gasteiger partial charge >= 0.3 is 0 Å². The minimum absolute atomic E-state index is 0.112. The van der Waals surface area contributed by atoms with E-state index in [1.807, 2.05) is 19.1 Å². The van der Waals surface area contributed by atoms with E-state index in [-0.39, 0.29) is 12.0 Å². The van der Waals surface area contributed by atoms with Gasteiger partial charge in [0.1, 0.15) is 17.0 Å². The second-order valence-corrected chi connectivity index (χ2v) is 5.88. The van der Waals surface area contributed by atoms with Crippen LogP contribution in [0, 0.1) is 18.8 Å². The van der Waals surface area contributed by atoms with E-state index in [4.69, 9.17) is 16.0 Å². The van der Waals surface area contributed by atoms with Crippen LogP contribution in [0.2, 0.25) is 5.28 Å². The molecule has 7 heteroatoms. The zero-order valence-electron chi connectivity index (χ0n) is 14.1. The normalized spacial score (nSPS) is 10.7. The molecule has 3 aromatic heterocycles. The average molecular weight is 361 g/mol. The number of hydrogen-bond acceptors (Lipinski definition) is 4. The van der Waals surface area contributed by atoms with E-state index < -0.39 is 0 Å². The Kier molecular flexibility index (Phi) is 5.25. The van der Waals surface area contributed by atoms with Crippen LogP contribution in [0.15, 0.2) is 22.8 Å². The smallest absolute Gasteiger partial charge is 0.243 e. The van der Waals surface area contributed by atoms with Gasteiger partial charge in [-0.05, 0) is 67.5 Å². The summed E-state index contributed by atoms with van der Waals surface area (Å²) in [6.45, 7) is 3.82. The summed E-state index contributed by atoms with van der Waals surface area (Å²) in [5, 5.41) is 7.65. The number of nitrogens with zero attached hydrogens (tertiary/aromatic N) is 3. The van der Waals surface area contributed by atoms with Crippen LogP contribution >= 0.6 is 11.6 Å². The molecule has 0 amide bonds. The van der Waals surface area contributed by atoms with Gasteiger partial charge in [0.25, 0.3) is 0 Å². The second-order valence-electron chi connectivity index (χ2n) is 5.54. The second kappa shape index (κ2) is 7.58. The van der Waals surface area contributed by atoms with Crippen LogP contribution in [0.25, 0.3) is 5.52 Å². The highest BCUT2D eigenvalue weighted by Gasteiger charge is 2.19. The number of anilines is 1. The van der Waals surface area contributed by atoms with Crippen molar-refractivity contribution in [3.8, 4) is 11.8 Å².